The van der Waals surface area contributed by atoms with E-state index in [0.717, 1.165) is 24.0 Å². The average Bonchev–Trinajstić information content (AvgIpc) is 3.12. The van der Waals surface area contributed by atoms with Crippen LogP contribution in [0.1, 0.15) is 108 Å². The highest BCUT2D eigenvalue weighted by Gasteiger charge is 2.34. The molecule has 2 aromatic rings. The smallest absolute Gasteiger partial charge is 0.251 e. The van der Waals surface area contributed by atoms with Gasteiger partial charge in [0.25, 0.3) is 5.91 Å². The quantitative estimate of drug-likeness (QED) is 0.0847. The fourth-order valence-corrected chi connectivity index (χ4v) is 5.03. The zero-order chi connectivity index (χ0) is 37.3. The molecule has 2 rings (SSSR count). The highest BCUT2D eigenvalue weighted by atomic mass is 16.5. The molecular formula is C41H59NO8. The van der Waals surface area contributed by atoms with Crippen molar-refractivity contribution in [1.82, 2.24) is 5.32 Å². The van der Waals surface area contributed by atoms with E-state index in [2.05, 4.69) is 5.32 Å². The molecule has 0 bridgehead atoms. The van der Waals surface area contributed by atoms with Crippen molar-refractivity contribution in [3.63, 3.8) is 0 Å². The van der Waals surface area contributed by atoms with Crippen LogP contribution in [0.5, 0.6) is 0 Å². The summed E-state index contributed by atoms with van der Waals surface area (Å²) in [6.07, 6.45) is 2.21. The Balaban J connectivity index is 2.28. The molecule has 0 saturated heterocycles. The lowest BCUT2D eigenvalue weighted by Gasteiger charge is -2.34. The molecule has 0 aliphatic carbocycles. The van der Waals surface area contributed by atoms with Gasteiger partial charge in [0, 0.05) is 54.1 Å². The number of ether oxygens (including phenoxy) is 3. The van der Waals surface area contributed by atoms with Crippen LogP contribution in [0.4, 0.5) is 0 Å². The molecule has 1 amide bonds. The van der Waals surface area contributed by atoms with E-state index < -0.39 is 5.54 Å². The predicted molar refractivity (Wildman–Crippen MR) is 196 cm³/mol. The van der Waals surface area contributed by atoms with Gasteiger partial charge in [0.1, 0.15) is 22.9 Å². The van der Waals surface area contributed by atoms with Crippen LogP contribution in [0, 0.1) is 23.7 Å². The van der Waals surface area contributed by atoms with Gasteiger partial charge in [0.05, 0.1) is 39.6 Å². The topological polar surface area (TPSA) is 125 Å². The summed E-state index contributed by atoms with van der Waals surface area (Å²) in [6.45, 7) is 15.6. The zero-order valence-electron chi connectivity index (χ0n) is 31.5. The number of benzene rings is 2. The van der Waals surface area contributed by atoms with E-state index in [9.17, 15) is 24.0 Å². The summed E-state index contributed by atoms with van der Waals surface area (Å²) in [4.78, 5) is 63.3. The SMILES string of the molecule is CCC(C)C(=O)CCOCC(COCCC(=O)C(C)C)(COCCC(=O)C(C)C)NC(=O)c1ccc(-c2ccc(C(=O)C(C)CC)cc2)cc1. The van der Waals surface area contributed by atoms with Gasteiger partial charge < -0.3 is 19.5 Å². The first-order valence-electron chi connectivity index (χ1n) is 18.1. The van der Waals surface area contributed by atoms with Gasteiger partial charge in [0.2, 0.25) is 0 Å². The summed E-state index contributed by atoms with van der Waals surface area (Å²) < 4.78 is 18.0. The minimum atomic E-state index is -1.17. The van der Waals surface area contributed by atoms with E-state index in [1.807, 2.05) is 91.8 Å². The summed E-state index contributed by atoms with van der Waals surface area (Å²) in [6, 6.07) is 14.6. The van der Waals surface area contributed by atoms with Crippen molar-refractivity contribution < 1.29 is 38.2 Å². The Hall–Kier alpha value is -3.53. The number of hydrogen-bond donors (Lipinski definition) is 1. The molecule has 0 radical (unpaired) electrons. The van der Waals surface area contributed by atoms with Gasteiger partial charge in [-0.25, -0.2) is 0 Å². The summed E-state index contributed by atoms with van der Waals surface area (Å²) in [5.41, 5.74) is 1.71. The lowest BCUT2D eigenvalue weighted by atomic mass is 9.95. The molecule has 0 spiro atoms. The number of Topliss-reactive ketones (excluding diaryl/α,β-unsaturated/α-hetero) is 4. The second-order valence-electron chi connectivity index (χ2n) is 14.0. The van der Waals surface area contributed by atoms with Crippen LogP contribution in [-0.2, 0) is 28.6 Å². The van der Waals surface area contributed by atoms with Crippen molar-refractivity contribution in [1.29, 1.82) is 0 Å². The van der Waals surface area contributed by atoms with Gasteiger partial charge >= 0.3 is 0 Å². The van der Waals surface area contributed by atoms with E-state index in [0.29, 0.717) is 11.1 Å². The summed E-state index contributed by atoms with van der Waals surface area (Å²) in [7, 11) is 0. The van der Waals surface area contributed by atoms with Crippen LogP contribution in [-0.4, -0.2) is 74.2 Å². The first-order chi connectivity index (χ1) is 23.7. The Kier molecular flexibility index (Phi) is 18.4. The van der Waals surface area contributed by atoms with Crippen LogP contribution >= 0.6 is 0 Å². The van der Waals surface area contributed by atoms with Crippen molar-refractivity contribution in [3.05, 3.63) is 59.7 Å². The molecule has 0 aromatic heterocycles. The number of nitrogens with one attached hydrogen (secondary N) is 1. The number of hydrogen-bond acceptors (Lipinski definition) is 8. The summed E-state index contributed by atoms with van der Waals surface area (Å²) in [5.74, 6) is -0.371. The molecule has 0 aliphatic rings. The zero-order valence-corrected chi connectivity index (χ0v) is 31.5. The van der Waals surface area contributed by atoms with E-state index in [1.54, 1.807) is 12.1 Å². The summed E-state index contributed by atoms with van der Waals surface area (Å²) in [5, 5.41) is 3.08. The minimum Gasteiger partial charge on any atom is -0.378 e. The monoisotopic (exact) mass is 693 g/mol. The highest BCUT2D eigenvalue weighted by Crippen LogP contribution is 2.23. The Bertz CT molecular complexity index is 1350. The van der Waals surface area contributed by atoms with Crippen molar-refractivity contribution in [2.24, 2.45) is 23.7 Å². The van der Waals surface area contributed by atoms with Gasteiger partial charge in [-0.15, -0.1) is 0 Å². The largest absolute Gasteiger partial charge is 0.378 e. The molecule has 0 heterocycles. The van der Waals surface area contributed by atoms with Gasteiger partial charge in [-0.3, -0.25) is 24.0 Å². The molecule has 9 heteroatoms. The molecular weight excluding hydrogens is 634 g/mol. The number of rotatable bonds is 25. The second kappa shape index (κ2) is 21.6. The Labute approximate surface area is 299 Å². The molecule has 2 atom stereocenters. The second-order valence-corrected chi connectivity index (χ2v) is 14.0. The molecule has 50 heavy (non-hydrogen) atoms. The maximum absolute atomic E-state index is 13.8. The van der Waals surface area contributed by atoms with Gasteiger partial charge in [-0.1, -0.05) is 91.8 Å². The minimum absolute atomic E-state index is 0.0113. The maximum Gasteiger partial charge on any atom is 0.251 e. The predicted octanol–water partition coefficient (Wildman–Crippen LogP) is 7.34. The molecule has 0 fully saturated rings. The molecule has 0 saturated carbocycles. The third-order valence-electron chi connectivity index (χ3n) is 9.15. The molecule has 1 N–H and O–H groups in total. The molecule has 9 nitrogen and oxygen atoms in total. The summed E-state index contributed by atoms with van der Waals surface area (Å²) >= 11 is 0. The lowest BCUT2D eigenvalue weighted by Crippen LogP contribution is -2.58. The lowest BCUT2D eigenvalue weighted by molar-refractivity contribution is -0.124. The first kappa shape index (κ1) is 42.6. The Morgan fingerprint density at radius 3 is 1.32 bits per heavy atom. The Morgan fingerprint density at radius 2 is 0.940 bits per heavy atom. The van der Waals surface area contributed by atoms with Crippen molar-refractivity contribution in [2.45, 2.75) is 93.0 Å². The fraction of sp³-hybridized carbons (Fsp3) is 0.585. The molecule has 276 valence electrons. The standard InChI is InChI=1S/C41H59NO8/c1-9-30(7)38(45)21-24-50-27-41(25-48-22-19-36(43)28(3)4,26-49-23-20-37(44)29(5)6)42-40(47)35-17-13-33(14-18-35)32-11-15-34(16-12-32)39(46)31(8)10-2/h11-18,28-31H,9-10,19-27H2,1-8H3,(H,42,47). The van der Waals surface area contributed by atoms with E-state index in [-0.39, 0.29) is 112 Å². The van der Waals surface area contributed by atoms with Crippen LogP contribution in [0.3, 0.4) is 0 Å². The third-order valence-corrected chi connectivity index (χ3v) is 9.15. The van der Waals surface area contributed by atoms with E-state index in [4.69, 9.17) is 14.2 Å². The number of amides is 1. The number of ketones is 4. The van der Waals surface area contributed by atoms with Gasteiger partial charge in [-0.2, -0.15) is 0 Å². The van der Waals surface area contributed by atoms with E-state index >= 15 is 0 Å². The fourth-order valence-electron chi connectivity index (χ4n) is 5.03. The number of carbonyl (C=O) groups excluding carboxylic acids is 5. The van der Waals surface area contributed by atoms with E-state index in [1.165, 1.54) is 0 Å². The maximum atomic E-state index is 13.8. The molecule has 0 aliphatic heterocycles. The van der Waals surface area contributed by atoms with Crippen molar-refractivity contribution >= 4 is 29.0 Å². The van der Waals surface area contributed by atoms with Gasteiger partial charge in [-0.05, 0) is 36.1 Å². The molecule has 2 aromatic carbocycles. The number of carbonyl (C=O) groups is 5. The van der Waals surface area contributed by atoms with Crippen molar-refractivity contribution in [3.8, 4) is 11.1 Å². The van der Waals surface area contributed by atoms with Crippen molar-refractivity contribution in [2.75, 3.05) is 39.6 Å². The highest BCUT2D eigenvalue weighted by molar-refractivity contribution is 5.98. The Morgan fingerprint density at radius 1 is 0.560 bits per heavy atom. The van der Waals surface area contributed by atoms with Gasteiger partial charge in [0.15, 0.2) is 5.78 Å². The normalized spacial score (nSPS) is 12.9. The first-order valence-corrected chi connectivity index (χ1v) is 18.1. The average molecular weight is 694 g/mol. The van der Waals surface area contributed by atoms with Crippen LogP contribution in [0.15, 0.2) is 48.5 Å². The molecule has 2 unspecified atom stereocenters. The van der Waals surface area contributed by atoms with Crippen LogP contribution in [0.2, 0.25) is 0 Å². The third kappa shape index (κ3) is 14.0. The van der Waals surface area contributed by atoms with Crippen LogP contribution < -0.4 is 5.32 Å². The van der Waals surface area contributed by atoms with Crippen LogP contribution in [0.25, 0.3) is 11.1 Å².